The van der Waals surface area contributed by atoms with Crippen molar-refractivity contribution in [1.82, 2.24) is 0 Å². The van der Waals surface area contributed by atoms with E-state index in [1.807, 2.05) is 36.4 Å². The fraction of sp³-hybridized carbons (Fsp3) is 0.188. The van der Waals surface area contributed by atoms with Crippen molar-refractivity contribution in [1.29, 1.82) is 0 Å². The predicted octanol–water partition coefficient (Wildman–Crippen LogP) is 3.64. The summed E-state index contributed by atoms with van der Waals surface area (Å²) in [4.78, 5) is 13.9. The molecule has 0 atom stereocenters. The second kappa shape index (κ2) is 5.14. The van der Waals surface area contributed by atoms with Gasteiger partial charge in [-0.3, -0.25) is 4.90 Å². The smallest absolute Gasteiger partial charge is 0.410 e. The molecule has 96 valence electrons. The van der Waals surface area contributed by atoms with E-state index in [2.05, 4.69) is 6.07 Å². The van der Waals surface area contributed by atoms with E-state index in [0.717, 1.165) is 18.5 Å². The van der Waals surface area contributed by atoms with Gasteiger partial charge >= 0.3 is 6.09 Å². The largest absolute Gasteiger partial charge is 0.419 e. The van der Waals surface area contributed by atoms with E-state index in [9.17, 15) is 4.79 Å². The number of amides is 1. The summed E-state index contributed by atoms with van der Waals surface area (Å²) in [5, 5.41) is 0. The molecule has 0 fully saturated rings. The standard InChI is InChI=1S/C16H15NO2/c18-16(19-14-9-2-1-3-10-14)17-12-6-8-13-7-4-5-11-15(13)17/h1-5,7,9-11H,6,8,12H2. The first-order valence-corrected chi connectivity index (χ1v) is 6.47. The molecule has 19 heavy (non-hydrogen) atoms. The third-order valence-electron chi connectivity index (χ3n) is 3.28. The molecule has 0 aliphatic carbocycles. The van der Waals surface area contributed by atoms with Gasteiger partial charge < -0.3 is 4.74 Å². The first-order valence-electron chi connectivity index (χ1n) is 6.47. The van der Waals surface area contributed by atoms with Crippen LogP contribution < -0.4 is 9.64 Å². The van der Waals surface area contributed by atoms with Crippen LogP contribution in [-0.2, 0) is 6.42 Å². The first kappa shape index (κ1) is 11.8. The van der Waals surface area contributed by atoms with Crippen LogP contribution in [0.5, 0.6) is 5.75 Å². The van der Waals surface area contributed by atoms with E-state index in [-0.39, 0.29) is 6.09 Å². The zero-order valence-corrected chi connectivity index (χ0v) is 10.6. The van der Waals surface area contributed by atoms with Gasteiger partial charge in [0.25, 0.3) is 0 Å². The molecule has 3 heteroatoms. The summed E-state index contributed by atoms with van der Waals surface area (Å²) < 4.78 is 5.40. The average Bonchev–Trinajstić information content (AvgIpc) is 2.47. The van der Waals surface area contributed by atoms with E-state index in [0.29, 0.717) is 12.3 Å². The Bertz CT molecular complexity index is 580. The molecule has 0 bridgehead atoms. The minimum atomic E-state index is -0.307. The van der Waals surface area contributed by atoms with Crippen LogP contribution in [0, 0.1) is 0 Å². The molecule has 1 aliphatic rings. The van der Waals surface area contributed by atoms with Gasteiger partial charge in [-0.15, -0.1) is 0 Å². The van der Waals surface area contributed by atoms with Crippen LogP contribution in [0.2, 0.25) is 0 Å². The SMILES string of the molecule is O=C(Oc1ccccc1)N1CCCc2ccccc21. The Hall–Kier alpha value is -2.29. The van der Waals surface area contributed by atoms with Gasteiger partial charge in [0, 0.05) is 6.54 Å². The normalized spacial score (nSPS) is 13.8. The van der Waals surface area contributed by atoms with Crippen molar-refractivity contribution in [3.63, 3.8) is 0 Å². The number of nitrogens with zero attached hydrogens (tertiary/aromatic N) is 1. The third kappa shape index (κ3) is 2.45. The van der Waals surface area contributed by atoms with Gasteiger partial charge in [-0.1, -0.05) is 36.4 Å². The summed E-state index contributed by atoms with van der Waals surface area (Å²) in [5.74, 6) is 0.579. The van der Waals surface area contributed by atoms with E-state index in [1.165, 1.54) is 5.56 Å². The number of ether oxygens (including phenoxy) is 1. The molecular weight excluding hydrogens is 238 g/mol. The first-order chi connectivity index (χ1) is 9.34. The van der Waals surface area contributed by atoms with E-state index >= 15 is 0 Å². The van der Waals surface area contributed by atoms with Crippen molar-refractivity contribution in [2.24, 2.45) is 0 Å². The highest BCUT2D eigenvalue weighted by molar-refractivity contribution is 5.90. The Morgan fingerprint density at radius 2 is 1.74 bits per heavy atom. The quantitative estimate of drug-likeness (QED) is 0.776. The molecule has 2 aromatic rings. The lowest BCUT2D eigenvalue weighted by atomic mass is 10.0. The number of fused-ring (bicyclic) bond motifs is 1. The summed E-state index contributed by atoms with van der Waals surface area (Å²) in [7, 11) is 0. The van der Waals surface area contributed by atoms with Crippen molar-refractivity contribution in [2.45, 2.75) is 12.8 Å². The molecule has 0 aromatic heterocycles. The highest BCUT2D eigenvalue weighted by Crippen LogP contribution is 2.27. The minimum absolute atomic E-state index is 0.307. The molecule has 0 saturated heterocycles. The maximum atomic E-state index is 12.2. The Balaban J connectivity index is 1.82. The van der Waals surface area contributed by atoms with Crippen LogP contribution in [0.3, 0.4) is 0 Å². The number of aryl methyl sites for hydroxylation is 1. The lowest BCUT2D eigenvalue weighted by Crippen LogP contribution is -2.37. The van der Waals surface area contributed by atoms with Crippen LogP contribution >= 0.6 is 0 Å². The van der Waals surface area contributed by atoms with E-state index in [4.69, 9.17) is 4.74 Å². The van der Waals surface area contributed by atoms with E-state index in [1.54, 1.807) is 17.0 Å². The van der Waals surface area contributed by atoms with Gasteiger partial charge in [0.05, 0.1) is 5.69 Å². The molecule has 0 saturated carbocycles. The summed E-state index contributed by atoms with van der Waals surface area (Å²) in [6, 6.07) is 17.2. The van der Waals surface area contributed by atoms with Crippen molar-refractivity contribution >= 4 is 11.8 Å². The molecule has 0 N–H and O–H groups in total. The molecule has 0 unspecified atom stereocenters. The van der Waals surface area contributed by atoms with Crippen LogP contribution in [0.15, 0.2) is 54.6 Å². The maximum Gasteiger partial charge on any atom is 0.419 e. The molecule has 1 aliphatic heterocycles. The summed E-state index contributed by atoms with van der Waals surface area (Å²) >= 11 is 0. The fourth-order valence-electron chi connectivity index (χ4n) is 2.37. The zero-order valence-electron chi connectivity index (χ0n) is 10.6. The molecule has 2 aromatic carbocycles. The van der Waals surface area contributed by atoms with Gasteiger partial charge in [-0.2, -0.15) is 0 Å². The van der Waals surface area contributed by atoms with Crippen molar-refractivity contribution in [2.75, 3.05) is 11.4 Å². The number of carbonyl (C=O) groups excluding carboxylic acids is 1. The second-order valence-corrected chi connectivity index (χ2v) is 4.56. The molecule has 0 spiro atoms. The molecular formula is C16H15NO2. The molecule has 1 heterocycles. The Kier molecular flexibility index (Phi) is 3.19. The molecule has 0 radical (unpaired) electrons. The Labute approximate surface area is 112 Å². The lowest BCUT2D eigenvalue weighted by Gasteiger charge is -2.28. The summed E-state index contributed by atoms with van der Waals surface area (Å²) in [6.45, 7) is 0.711. The number of rotatable bonds is 1. The third-order valence-corrected chi connectivity index (χ3v) is 3.28. The molecule has 1 amide bonds. The van der Waals surface area contributed by atoms with Gasteiger partial charge in [0.15, 0.2) is 0 Å². The number of anilines is 1. The Morgan fingerprint density at radius 3 is 2.58 bits per heavy atom. The maximum absolute atomic E-state index is 12.2. The zero-order chi connectivity index (χ0) is 13.1. The minimum Gasteiger partial charge on any atom is -0.410 e. The van der Waals surface area contributed by atoms with Crippen LogP contribution in [0.1, 0.15) is 12.0 Å². The molecule has 3 rings (SSSR count). The lowest BCUT2D eigenvalue weighted by molar-refractivity contribution is 0.207. The number of carbonyl (C=O) groups is 1. The number of para-hydroxylation sites is 2. The summed E-state index contributed by atoms with van der Waals surface area (Å²) in [6.07, 6.45) is 1.69. The van der Waals surface area contributed by atoms with Crippen molar-refractivity contribution in [3.8, 4) is 5.75 Å². The summed E-state index contributed by atoms with van der Waals surface area (Å²) in [5.41, 5.74) is 2.17. The number of hydrogen-bond acceptors (Lipinski definition) is 2. The highest BCUT2D eigenvalue weighted by atomic mass is 16.6. The Morgan fingerprint density at radius 1 is 1.00 bits per heavy atom. The van der Waals surface area contributed by atoms with Crippen LogP contribution in [0.25, 0.3) is 0 Å². The second-order valence-electron chi connectivity index (χ2n) is 4.56. The fourth-order valence-corrected chi connectivity index (χ4v) is 2.37. The van der Waals surface area contributed by atoms with Crippen molar-refractivity contribution < 1.29 is 9.53 Å². The van der Waals surface area contributed by atoms with Gasteiger partial charge in [-0.25, -0.2) is 4.79 Å². The van der Waals surface area contributed by atoms with Crippen LogP contribution in [-0.4, -0.2) is 12.6 Å². The predicted molar refractivity (Wildman–Crippen MR) is 74.6 cm³/mol. The van der Waals surface area contributed by atoms with Gasteiger partial charge in [-0.05, 0) is 36.6 Å². The average molecular weight is 253 g/mol. The highest BCUT2D eigenvalue weighted by Gasteiger charge is 2.23. The van der Waals surface area contributed by atoms with Crippen LogP contribution in [0.4, 0.5) is 10.5 Å². The van der Waals surface area contributed by atoms with Gasteiger partial charge in [0.1, 0.15) is 5.75 Å². The molecule has 3 nitrogen and oxygen atoms in total. The van der Waals surface area contributed by atoms with Crippen molar-refractivity contribution in [3.05, 3.63) is 60.2 Å². The van der Waals surface area contributed by atoms with E-state index < -0.39 is 0 Å². The van der Waals surface area contributed by atoms with Gasteiger partial charge in [0.2, 0.25) is 0 Å². The number of hydrogen-bond donors (Lipinski definition) is 0. The monoisotopic (exact) mass is 253 g/mol. The number of benzene rings is 2. The topological polar surface area (TPSA) is 29.5 Å².